The minimum Gasteiger partial charge on any atom is -0.489 e. The summed E-state index contributed by atoms with van der Waals surface area (Å²) < 4.78 is 23.8. The third kappa shape index (κ3) is 4.58. The fourth-order valence-corrected chi connectivity index (χ4v) is 3.29. The molecule has 0 saturated carbocycles. The highest BCUT2D eigenvalue weighted by Gasteiger charge is 2.36. The van der Waals surface area contributed by atoms with E-state index < -0.39 is 23.7 Å². The van der Waals surface area contributed by atoms with Crippen molar-refractivity contribution in [2.45, 2.75) is 6.61 Å². The molecule has 0 aromatic heterocycles. The van der Waals surface area contributed by atoms with Crippen LogP contribution in [-0.2, 0) is 20.9 Å². The predicted molar refractivity (Wildman–Crippen MR) is 102 cm³/mol. The van der Waals surface area contributed by atoms with Gasteiger partial charge in [-0.2, -0.15) is 0 Å². The molecule has 0 radical (unpaired) electrons. The van der Waals surface area contributed by atoms with Crippen molar-refractivity contribution < 1.29 is 28.2 Å². The molecule has 144 valence electrons. The molecule has 0 spiro atoms. The number of rotatable bonds is 6. The number of halogens is 1. The number of thioether (sulfide) groups is 1. The minimum absolute atomic E-state index is 0.0613. The van der Waals surface area contributed by atoms with Crippen molar-refractivity contribution in [1.29, 1.82) is 0 Å². The molecule has 1 saturated heterocycles. The van der Waals surface area contributed by atoms with Crippen LogP contribution < -0.4 is 4.74 Å². The number of ether oxygens (including phenoxy) is 2. The first-order valence-electron chi connectivity index (χ1n) is 8.26. The number of hydrogen-bond donors (Lipinski definition) is 0. The Kier molecular flexibility index (Phi) is 6.10. The first kappa shape index (κ1) is 19.6. The molecule has 2 aromatic carbocycles. The molecule has 2 amide bonds. The smallest absolute Gasteiger partial charge is 0.325 e. The van der Waals surface area contributed by atoms with E-state index in [0.29, 0.717) is 16.9 Å². The molecule has 1 heterocycles. The Labute approximate surface area is 164 Å². The maximum atomic E-state index is 13.7. The van der Waals surface area contributed by atoms with Crippen molar-refractivity contribution in [2.75, 3.05) is 13.7 Å². The highest BCUT2D eigenvalue weighted by atomic mass is 32.2. The summed E-state index contributed by atoms with van der Waals surface area (Å²) in [5.41, 5.74) is 1.06. The fourth-order valence-electron chi connectivity index (χ4n) is 2.45. The van der Waals surface area contributed by atoms with E-state index in [4.69, 9.17) is 4.74 Å². The van der Waals surface area contributed by atoms with Crippen LogP contribution in [0.5, 0.6) is 5.75 Å². The first-order valence-corrected chi connectivity index (χ1v) is 9.08. The molecule has 1 fully saturated rings. The van der Waals surface area contributed by atoms with Crippen LogP contribution in [0.15, 0.2) is 53.4 Å². The van der Waals surface area contributed by atoms with Crippen LogP contribution in [0.4, 0.5) is 9.18 Å². The molecule has 6 nitrogen and oxygen atoms in total. The summed E-state index contributed by atoms with van der Waals surface area (Å²) in [5, 5.41) is -0.534. The van der Waals surface area contributed by atoms with Gasteiger partial charge < -0.3 is 9.47 Å². The summed E-state index contributed by atoms with van der Waals surface area (Å²) in [6.45, 7) is -0.365. The molecule has 0 aliphatic carbocycles. The lowest BCUT2D eigenvalue weighted by Crippen LogP contribution is -2.34. The first-order chi connectivity index (χ1) is 13.5. The second kappa shape index (κ2) is 8.71. The number of benzene rings is 2. The number of carbonyl (C=O) groups is 3. The summed E-state index contributed by atoms with van der Waals surface area (Å²) in [6, 6.07) is 13.2. The van der Waals surface area contributed by atoms with Gasteiger partial charge in [-0.25, -0.2) is 4.39 Å². The number of imide groups is 1. The van der Waals surface area contributed by atoms with Crippen LogP contribution in [0.2, 0.25) is 0 Å². The molecule has 0 N–H and O–H groups in total. The maximum absolute atomic E-state index is 13.7. The van der Waals surface area contributed by atoms with Gasteiger partial charge in [0.1, 0.15) is 24.7 Å². The van der Waals surface area contributed by atoms with Gasteiger partial charge in [0.15, 0.2) is 0 Å². The van der Waals surface area contributed by atoms with E-state index in [1.165, 1.54) is 19.3 Å². The quantitative estimate of drug-likeness (QED) is 0.544. The third-order valence-corrected chi connectivity index (χ3v) is 4.80. The standard InChI is InChI=1S/C20H16FNO5S/c1-26-18(23)11-22-19(24)17(28-20(22)25)10-13-5-4-7-15(9-13)27-12-14-6-2-3-8-16(14)21/h2-10H,11-12H2,1H3/b17-10+. The molecule has 28 heavy (non-hydrogen) atoms. The van der Waals surface area contributed by atoms with Crippen LogP contribution in [0.25, 0.3) is 6.08 Å². The van der Waals surface area contributed by atoms with Gasteiger partial charge in [0.05, 0.1) is 12.0 Å². The van der Waals surface area contributed by atoms with E-state index in [-0.39, 0.29) is 17.3 Å². The normalized spacial score (nSPS) is 15.2. The predicted octanol–water partition coefficient (Wildman–Crippen LogP) is 3.61. The molecule has 0 unspecified atom stereocenters. The van der Waals surface area contributed by atoms with Crippen molar-refractivity contribution in [3.8, 4) is 5.75 Å². The van der Waals surface area contributed by atoms with Gasteiger partial charge in [0.2, 0.25) is 0 Å². The van der Waals surface area contributed by atoms with Gasteiger partial charge in [-0.3, -0.25) is 19.3 Å². The lowest BCUT2D eigenvalue weighted by atomic mass is 10.2. The van der Waals surface area contributed by atoms with Crippen LogP contribution in [0.1, 0.15) is 11.1 Å². The Hall–Kier alpha value is -3.13. The van der Waals surface area contributed by atoms with Crippen LogP contribution in [0, 0.1) is 5.82 Å². The van der Waals surface area contributed by atoms with Gasteiger partial charge >= 0.3 is 5.97 Å². The van der Waals surface area contributed by atoms with Crippen LogP contribution in [0.3, 0.4) is 0 Å². The van der Waals surface area contributed by atoms with Gasteiger partial charge in [0, 0.05) is 5.56 Å². The van der Waals surface area contributed by atoms with E-state index in [1.807, 2.05) is 0 Å². The molecule has 2 aromatic rings. The third-order valence-electron chi connectivity index (χ3n) is 3.90. The summed E-state index contributed by atoms with van der Waals surface area (Å²) in [7, 11) is 1.18. The number of hydrogen-bond acceptors (Lipinski definition) is 6. The monoisotopic (exact) mass is 401 g/mol. The van der Waals surface area contributed by atoms with Crippen molar-refractivity contribution >= 4 is 35.0 Å². The Balaban J connectivity index is 1.72. The number of esters is 1. The molecule has 0 atom stereocenters. The summed E-state index contributed by atoms with van der Waals surface area (Å²) in [5.74, 6) is -1.09. The zero-order valence-electron chi connectivity index (χ0n) is 14.9. The fraction of sp³-hybridized carbons (Fsp3) is 0.150. The average molecular weight is 401 g/mol. The highest BCUT2D eigenvalue weighted by molar-refractivity contribution is 8.18. The van der Waals surface area contributed by atoms with Crippen molar-refractivity contribution in [1.82, 2.24) is 4.90 Å². The number of methoxy groups -OCH3 is 1. The molecule has 0 bridgehead atoms. The molecule has 1 aliphatic heterocycles. The minimum atomic E-state index is -0.674. The Morgan fingerprint density at radius 2 is 1.96 bits per heavy atom. The molecular formula is C20H16FNO5S. The second-order valence-electron chi connectivity index (χ2n) is 5.80. The van der Waals surface area contributed by atoms with Gasteiger partial charge in [-0.05, 0) is 41.6 Å². The molecule has 8 heteroatoms. The van der Waals surface area contributed by atoms with Gasteiger partial charge in [-0.15, -0.1) is 0 Å². The lowest BCUT2D eigenvalue weighted by molar-refractivity contribution is -0.143. The second-order valence-corrected chi connectivity index (χ2v) is 6.79. The number of amides is 2. The largest absolute Gasteiger partial charge is 0.489 e. The van der Waals surface area contributed by atoms with E-state index in [0.717, 1.165) is 16.7 Å². The average Bonchev–Trinajstić information content (AvgIpc) is 2.95. The highest BCUT2D eigenvalue weighted by Crippen LogP contribution is 2.32. The van der Waals surface area contributed by atoms with Crippen LogP contribution in [-0.4, -0.2) is 35.7 Å². The number of carbonyl (C=O) groups excluding carboxylic acids is 3. The maximum Gasteiger partial charge on any atom is 0.325 e. The van der Waals surface area contributed by atoms with Gasteiger partial charge in [-0.1, -0.05) is 30.3 Å². The topological polar surface area (TPSA) is 72.9 Å². The van der Waals surface area contributed by atoms with Crippen LogP contribution >= 0.6 is 11.8 Å². The summed E-state index contributed by atoms with van der Waals surface area (Å²) in [6.07, 6.45) is 1.54. The summed E-state index contributed by atoms with van der Waals surface area (Å²) in [4.78, 5) is 36.7. The molecule has 3 rings (SSSR count). The van der Waals surface area contributed by atoms with E-state index in [2.05, 4.69) is 4.74 Å². The SMILES string of the molecule is COC(=O)CN1C(=O)S/C(=C/c2cccc(OCc3ccccc3F)c2)C1=O. The Morgan fingerprint density at radius 1 is 1.18 bits per heavy atom. The Bertz CT molecular complexity index is 959. The molecule has 1 aliphatic rings. The number of nitrogens with zero attached hydrogens (tertiary/aromatic N) is 1. The zero-order chi connectivity index (χ0) is 20.1. The summed E-state index contributed by atoms with van der Waals surface area (Å²) >= 11 is 0.747. The Morgan fingerprint density at radius 3 is 2.71 bits per heavy atom. The zero-order valence-corrected chi connectivity index (χ0v) is 15.7. The molecular weight excluding hydrogens is 385 g/mol. The van der Waals surface area contributed by atoms with Crippen molar-refractivity contribution in [3.63, 3.8) is 0 Å². The van der Waals surface area contributed by atoms with Crippen molar-refractivity contribution in [2.24, 2.45) is 0 Å². The van der Waals surface area contributed by atoms with E-state index in [1.54, 1.807) is 42.5 Å². The van der Waals surface area contributed by atoms with Crippen molar-refractivity contribution in [3.05, 3.63) is 70.4 Å². The van der Waals surface area contributed by atoms with E-state index in [9.17, 15) is 18.8 Å². The van der Waals surface area contributed by atoms with E-state index >= 15 is 0 Å². The van der Waals surface area contributed by atoms with Gasteiger partial charge in [0.25, 0.3) is 11.1 Å². The lowest BCUT2D eigenvalue weighted by Gasteiger charge is -2.10.